The zero-order chi connectivity index (χ0) is 13.9. The van der Waals surface area contributed by atoms with Crippen LogP contribution in [-0.2, 0) is 0 Å². The molecule has 1 aromatic rings. The van der Waals surface area contributed by atoms with Gasteiger partial charge in [0.05, 0.1) is 9.85 Å². The van der Waals surface area contributed by atoms with E-state index >= 15 is 0 Å². The largest absolute Gasteiger partial charge is 0.497 e. The summed E-state index contributed by atoms with van der Waals surface area (Å²) in [5, 5.41) is 31.0. The molecule has 7 nitrogen and oxygen atoms in total. The molecule has 0 heterocycles. The van der Waals surface area contributed by atoms with Crippen LogP contribution < -0.4 is 0 Å². The van der Waals surface area contributed by atoms with Crippen molar-refractivity contribution >= 4 is 11.4 Å². The molecule has 0 aliphatic heterocycles. The lowest BCUT2D eigenvalue weighted by Gasteiger charge is -2.10. The van der Waals surface area contributed by atoms with Crippen LogP contribution in [0, 0.1) is 20.2 Å². The number of phenolic OH excluding ortho intramolecular Hbond substituents is 1. The Labute approximate surface area is 103 Å². The minimum Gasteiger partial charge on any atom is -0.497 e. The molecule has 1 atom stereocenters. The van der Waals surface area contributed by atoms with Crippen molar-refractivity contribution in [2.45, 2.75) is 32.6 Å². The molecule has 0 saturated carbocycles. The maximum absolute atomic E-state index is 10.8. The Balaban J connectivity index is 3.38. The van der Waals surface area contributed by atoms with Crippen LogP contribution in [-0.4, -0.2) is 15.0 Å². The highest BCUT2D eigenvalue weighted by Crippen LogP contribution is 2.39. The van der Waals surface area contributed by atoms with Gasteiger partial charge in [-0.05, 0) is 17.9 Å². The third-order valence-corrected chi connectivity index (χ3v) is 2.78. The van der Waals surface area contributed by atoms with Crippen molar-refractivity contribution in [2.24, 2.45) is 0 Å². The third kappa shape index (κ3) is 2.73. The number of nitro benzene ring substituents is 2. The molecule has 0 unspecified atom stereocenters. The van der Waals surface area contributed by atoms with Gasteiger partial charge in [0.1, 0.15) is 0 Å². The van der Waals surface area contributed by atoms with Crippen molar-refractivity contribution in [1.82, 2.24) is 0 Å². The topological polar surface area (TPSA) is 107 Å². The Bertz CT molecular complexity index is 451. The summed E-state index contributed by atoms with van der Waals surface area (Å²) >= 11 is 0. The lowest BCUT2D eigenvalue weighted by Crippen LogP contribution is -1.99. The molecule has 1 N–H and O–H groups in total. The van der Waals surface area contributed by atoms with E-state index in [-0.39, 0.29) is 5.92 Å². The van der Waals surface area contributed by atoms with E-state index in [1.165, 1.54) is 12.1 Å². The van der Waals surface area contributed by atoms with Crippen LogP contribution >= 0.6 is 0 Å². The van der Waals surface area contributed by atoms with Gasteiger partial charge < -0.3 is 5.11 Å². The Hall–Kier alpha value is -2.18. The Kier molecular flexibility index (Phi) is 4.19. The summed E-state index contributed by atoms with van der Waals surface area (Å²) in [5.74, 6) is -0.926. The first-order chi connectivity index (χ1) is 8.38. The summed E-state index contributed by atoms with van der Waals surface area (Å²) in [4.78, 5) is 19.9. The molecular weight excluding hydrogens is 240 g/mol. The predicted molar refractivity (Wildman–Crippen MR) is 64.7 cm³/mol. The molecule has 0 bridgehead atoms. The van der Waals surface area contributed by atoms with Gasteiger partial charge in [-0.1, -0.05) is 20.3 Å². The smallest absolute Gasteiger partial charge is 0.318 e. The van der Waals surface area contributed by atoms with E-state index in [0.29, 0.717) is 5.56 Å². The van der Waals surface area contributed by atoms with E-state index in [1.54, 1.807) is 0 Å². The summed E-state index contributed by atoms with van der Waals surface area (Å²) in [7, 11) is 0. The van der Waals surface area contributed by atoms with Crippen molar-refractivity contribution < 1.29 is 15.0 Å². The van der Waals surface area contributed by atoms with Crippen molar-refractivity contribution in [3.05, 3.63) is 37.9 Å². The molecule has 1 aromatic carbocycles. The van der Waals surface area contributed by atoms with E-state index in [1.807, 2.05) is 13.8 Å². The number of nitro groups is 2. The summed E-state index contributed by atoms with van der Waals surface area (Å²) in [6.07, 6.45) is 1.63. The van der Waals surface area contributed by atoms with Crippen molar-refractivity contribution in [3.8, 4) is 5.75 Å². The highest BCUT2D eigenvalue weighted by molar-refractivity contribution is 5.61. The zero-order valence-corrected chi connectivity index (χ0v) is 10.1. The van der Waals surface area contributed by atoms with Crippen LogP contribution in [0.15, 0.2) is 12.1 Å². The Morgan fingerprint density at radius 3 is 2.00 bits per heavy atom. The van der Waals surface area contributed by atoms with E-state index < -0.39 is 27.0 Å². The molecule has 7 heteroatoms. The minimum absolute atomic E-state index is 0.0343. The average Bonchev–Trinajstić information content (AvgIpc) is 2.28. The second-order valence-electron chi connectivity index (χ2n) is 4.11. The van der Waals surface area contributed by atoms with Crippen LogP contribution in [0.25, 0.3) is 0 Å². The molecule has 0 aromatic heterocycles. The first-order valence-electron chi connectivity index (χ1n) is 5.54. The predicted octanol–water partition coefficient (Wildman–Crippen LogP) is 3.11. The van der Waals surface area contributed by atoms with Gasteiger partial charge in [-0.2, -0.15) is 0 Å². The highest BCUT2D eigenvalue weighted by atomic mass is 16.6. The van der Waals surface area contributed by atoms with E-state index in [9.17, 15) is 25.3 Å². The fourth-order valence-electron chi connectivity index (χ4n) is 1.79. The minimum atomic E-state index is -0.891. The van der Waals surface area contributed by atoms with Crippen molar-refractivity contribution in [2.75, 3.05) is 0 Å². The van der Waals surface area contributed by atoms with Gasteiger partial charge in [0.15, 0.2) is 0 Å². The number of phenols is 1. The van der Waals surface area contributed by atoms with Gasteiger partial charge in [-0.3, -0.25) is 20.2 Å². The molecule has 1 rings (SSSR count). The number of nitrogens with zero attached hydrogens (tertiary/aromatic N) is 2. The van der Waals surface area contributed by atoms with Gasteiger partial charge >= 0.3 is 11.4 Å². The monoisotopic (exact) mass is 254 g/mol. The maximum Gasteiger partial charge on any atom is 0.318 e. The quantitative estimate of drug-likeness (QED) is 0.641. The van der Waals surface area contributed by atoms with Gasteiger partial charge in [0, 0.05) is 12.1 Å². The molecule has 0 radical (unpaired) electrons. The summed E-state index contributed by atoms with van der Waals surface area (Å²) in [6, 6.07) is 2.39. The number of aromatic hydroxyl groups is 1. The van der Waals surface area contributed by atoms with Crippen LogP contribution in [0.5, 0.6) is 5.75 Å². The summed E-state index contributed by atoms with van der Waals surface area (Å²) in [6.45, 7) is 3.79. The van der Waals surface area contributed by atoms with Crippen LogP contribution in [0.1, 0.15) is 38.2 Å². The summed E-state index contributed by atoms with van der Waals surface area (Å²) in [5.41, 5.74) is -0.752. The fourth-order valence-corrected chi connectivity index (χ4v) is 1.79. The van der Waals surface area contributed by atoms with E-state index in [4.69, 9.17) is 0 Å². The van der Waals surface area contributed by atoms with Crippen molar-refractivity contribution in [3.63, 3.8) is 0 Å². The molecular formula is C11H14N2O5. The Morgan fingerprint density at radius 2 is 1.67 bits per heavy atom. The SMILES string of the molecule is CCC[C@H](C)c1cc([N+](=O)[O-])c(O)c([N+](=O)[O-])c1. The molecule has 0 fully saturated rings. The van der Waals surface area contributed by atoms with Gasteiger partial charge in [-0.25, -0.2) is 0 Å². The molecule has 0 aliphatic rings. The zero-order valence-electron chi connectivity index (χ0n) is 10.1. The van der Waals surface area contributed by atoms with Crippen LogP contribution in [0.4, 0.5) is 11.4 Å². The molecule has 0 amide bonds. The number of rotatable bonds is 5. The summed E-state index contributed by atoms with van der Waals surface area (Å²) < 4.78 is 0. The Morgan fingerprint density at radius 1 is 1.22 bits per heavy atom. The van der Waals surface area contributed by atoms with Crippen molar-refractivity contribution in [1.29, 1.82) is 0 Å². The van der Waals surface area contributed by atoms with Gasteiger partial charge in [0.25, 0.3) is 5.75 Å². The first-order valence-corrected chi connectivity index (χ1v) is 5.54. The lowest BCUT2D eigenvalue weighted by molar-refractivity contribution is -0.396. The average molecular weight is 254 g/mol. The maximum atomic E-state index is 10.8. The van der Waals surface area contributed by atoms with Crippen LogP contribution in [0.2, 0.25) is 0 Å². The third-order valence-electron chi connectivity index (χ3n) is 2.78. The fraction of sp³-hybridized carbons (Fsp3) is 0.455. The number of hydrogen-bond acceptors (Lipinski definition) is 5. The molecule has 18 heavy (non-hydrogen) atoms. The number of hydrogen-bond donors (Lipinski definition) is 1. The van der Waals surface area contributed by atoms with Gasteiger partial charge in [-0.15, -0.1) is 0 Å². The molecule has 0 aliphatic carbocycles. The van der Waals surface area contributed by atoms with E-state index in [0.717, 1.165) is 12.8 Å². The first kappa shape index (κ1) is 13.9. The van der Waals surface area contributed by atoms with E-state index in [2.05, 4.69) is 0 Å². The standard InChI is InChI=1S/C11H14N2O5/c1-3-4-7(2)8-5-9(12(15)16)11(14)10(6-8)13(17)18/h5-7,14H,3-4H2,1-2H3/t7-/m0/s1. The second-order valence-corrected chi connectivity index (χ2v) is 4.11. The molecule has 0 saturated heterocycles. The normalized spacial score (nSPS) is 12.1. The van der Waals surface area contributed by atoms with Crippen LogP contribution in [0.3, 0.4) is 0 Å². The second kappa shape index (κ2) is 5.44. The number of benzene rings is 1. The highest BCUT2D eigenvalue weighted by Gasteiger charge is 2.27. The molecule has 98 valence electrons. The van der Waals surface area contributed by atoms with Gasteiger partial charge in [0.2, 0.25) is 0 Å². The molecule has 0 spiro atoms. The lowest BCUT2D eigenvalue weighted by atomic mass is 9.95.